The quantitative estimate of drug-likeness (QED) is 0.707. The molecule has 0 aromatic heterocycles. The van der Waals surface area contributed by atoms with Crippen LogP contribution in [0.4, 0.5) is 0 Å². The Bertz CT molecular complexity index is 710. The van der Waals surface area contributed by atoms with Gasteiger partial charge in [0, 0.05) is 16.8 Å². The highest BCUT2D eigenvalue weighted by Gasteiger charge is 2.70. The maximum absolute atomic E-state index is 12.7. The second-order valence-corrected chi connectivity index (χ2v) is 5.35. The summed E-state index contributed by atoms with van der Waals surface area (Å²) in [6, 6.07) is 6.37. The Morgan fingerprint density at radius 1 is 1.27 bits per heavy atom. The minimum Gasteiger partial charge on any atom is -0.462 e. The van der Waals surface area contributed by atoms with Gasteiger partial charge in [0.05, 0.1) is 6.61 Å². The second-order valence-electron chi connectivity index (χ2n) is 5.35. The Balaban J connectivity index is 2.23. The highest BCUT2D eigenvalue weighted by Crippen LogP contribution is 2.51. The Hall–Kier alpha value is -2.18. The number of carbonyl (C=O) groups excluding carboxylic acids is 2. The molecule has 2 aliphatic rings. The molecule has 116 valence electrons. The van der Waals surface area contributed by atoms with Gasteiger partial charge >= 0.3 is 5.97 Å². The molecule has 3 N–H and O–H groups in total. The van der Waals surface area contributed by atoms with E-state index in [0.717, 1.165) is 0 Å². The summed E-state index contributed by atoms with van der Waals surface area (Å²) in [6.45, 7) is 3.49. The Morgan fingerprint density at radius 2 is 1.95 bits per heavy atom. The number of benzene rings is 1. The van der Waals surface area contributed by atoms with Gasteiger partial charge in [-0.05, 0) is 13.3 Å². The van der Waals surface area contributed by atoms with E-state index in [-0.39, 0.29) is 23.3 Å². The highest BCUT2D eigenvalue weighted by atomic mass is 16.5. The lowest BCUT2D eigenvalue weighted by molar-refractivity contribution is -0.146. The highest BCUT2D eigenvalue weighted by molar-refractivity contribution is 6.16. The number of hydrogen-bond donors (Lipinski definition) is 3. The van der Waals surface area contributed by atoms with Gasteiger partial charge in [-0.2, -0.15) is 0 Å². The fraction of sp³-hybridized carbons (Fsp3) is 0.375. The van der Waals surface area contributed by atoms with Crippen molar-refractivity contribution in [3.63, 3.8) is 0 Å². The first-order valence-electron chi connectivity index (χ1n) is 7.19. The van der Waals surface area contributed by atoms with Crippen LogP contribution >= 0.6 is 0 Å². The molecule has 1 aromatic carbocycles. The van der Waals surface area contributed by atoms with Crippen LogP contribution in [-0.4, -0.2) is 34.2 Å². The number of hydrogen-bond acceptors (Lipinski definition) is 6. The van der Waals surface area contributed by atoms with Crippen molar-refractivity contribution in [2.45, 2.75) is 31.6 Å². The third-order valence-electron chi connectivity index (χ3n) is 4.24. The average Bonchev–Trinajstić information content (AvgIpc) is 2.84. The predicted octanol–water partition coefficient (Wildman–Crippen LogP) is 0.590. The van der Waals surface area contributed by atoms with Gasteiger partial charge in [0.15, 0.2) is 0 Å². The SMILES string of the molecule is CCOC(=O)C1=C(CC)N[C@]2(O)c3ccccc3C(=O)[C@]12O. The lowest BCUT2D eigenvalue weighted by Crippen LogP contribution is -2.56. The third-order valence-corrected chi connectivity index (χ3v) is 4.24. The summed E-state index contributed by atoms with van der Waals surface area (Å²) >= 11 is 0. The molecule has 0 unspecified atom stereocenters. The van der Waals surface area contributed by atoms with Crippen LogP contribution in [-0.2, 0) is 15.3 Å². The number of ketones is 1. The summed E-state index contributed by atoms with van der Waals surface area (Å²) in [5.41, 5.74) is -3.86. The van der Waals surface area contributed by atoms with E-state index < -0.39 is 23.1 Å². The van der Waals surface area contributed by atoms with Gasteiger partial charge < -0.3 is 20.3 Å². The molecular weight excluding hydrogens is 286 g/mol. The molecule has 1 aliphatic carbocycles. The Morgan fingerprint density at radius 3 is 2.59 bits per heavy atom. The number of allylic oxidation sites excluding steroid dienone is 1. The van der Waals surface area contributed by atoms with Crippen molar-refractivity contribution < 1.29 is 24.5 Å². The van der Waals surface area contributed by atoms with Crippen LogP contribution in [0.3, 0.4) is 0 Å². The minimum atomic E-state index is -2.37. The zero-order valence-electron chi connectivity index (χ0n) is 12.3. The Labute approximate surface area is 127 Å². The summed E-state index contributed by atoms with van der Waals surface area (Å²) in [5, 5.41) is 24.7. The number of carbonyl (C=O) groups is 2. The summed E-state index contributed by atoms with van der Waals surface area (Å²) in [7, 11) is 0. The van der Waals surface area contributed by atoms with Crippen LogP contribution in [0.2, 0.25) is 0 Å². The van der Waals surface area contributed by atoms with Crippen molar-refractivity contribution in [1.82, 2.24) is 5.32 Å². The van der Waals surface area contributed by atoms with Crippen molar-refractivity contribution in [3.8, 4) is 0 Å². The van der Waals surface area contributed by atoms with Gasteiger partial charge in [-0.1, -0.05) is 31.2 Å². The fourth-order valence-corrected chi connectivity index (χ4v) is 3.24. The first kappa shape index (κ1) is 14.7. The molecule has 2 atom stereocenters. The monoisotopic (exact) mass is 303 g/mol. The van der Waals surface area contributed by atoms with E-state index in [4.69, 9.17) is 4.74 Å². The second kappa shape index (κ2) is 4.66. The van der Waals surface area contributed by atoms with E-state index >= 15 is 0 Å². The van der Waals surface area contributed by atoms with Crippen LogP contribution in [0, 0.1) is 0 Å². The van der Waals surface area contributed by atoms with Crippen LogP contribution in [0.5, 0.6) is 0 Å². The number of fused-ring (bicyclic) bond motifs is 3. The van der Waals surface area contributed by atoms with Crippen molar-refractivity contribution in [3.05, 3.63) is 46.7 Å². The van der Waals surface area contributed by atoms with Crippen molar-refractivity contribution in [2.75, 3.05) is 6.61 Å². The normalized spacial score (nSPS) is 29.2. The van der Waals surface area contributed by atoms with E-state index in [9.17, 15) is 19.8 Å². The topological polar surface area (TPSA) is 95.9 Å². The van der Waals surface area contributed by atoms with Crippen molar-refractivity contribution in [2.24, 2.45) is 0 Å². The third kappa shape index (κ3) is 1.51. The molecule has 6 heteroatoms. The summed E-state index contributed by atoms with van der Waals surface area (Å²) < 4.78 is 4.96. The molecule has 0 fully saturated rings. The van der Waals surface area contributed by atoms with Gasteiger partial charge in [-0.25, -0.2) is 4.79 Å². The van der Waals surface area contributed by atoms with E-state index in [0.29, 0.717) is 12.1 Å². The Kier molecular flexibility index (Phi) is 3.12. The molecule has 22 heavy (non-hydrogen) atoms. The van der Waals surface area contributed by atoms with Crippen molar-refractivity contribution >= 4 is 11.8 Å². The van der Waals surface area contributed by atoms with E-state index in [1.807, 2.05) is 0 Å². The number of rotatable bonds is 3. The maximum Gasteiger partial charge on any atom is 0.339 e. The average molecular weight is 303 g/mol. The van der Waals surface area contributed by atoms with Gasteiger partial charge in [-0.3, -0.25) is 4.79 Å². The molecule has 0 saturated heterocycles. The molecule has 0 amide bonds. The largest absolute Gasteiger partial charge is 0.462 e. The minimum absolute atomic E-state index is 0.106. The summed E-state index contributed by atoms with van der Waals surface area (Å²) in [4.78, 5) is 25.0. The van der Waals surface area contributed by atoms with Gasteiger partial charge in [0.2, 0.25) is 17.1 Å². The number of Topliss-reactive ketones (excluding diaryl/α,β-unsaturated/α-hetero) is 1. The summed E-state index contributed by atoms with van der Waals surface area (Å²) in [6.07, 6.45) is 0.341. The van der Waals surface area contributed by atoms with Crippen molar-refractivity contribution in [1.29, 1.82) is 0 Å². The maximum atomic E-state index is 12.7. The van der Waals surface area contributed by atoms with Gasteiger partial charge in [0.1, 0.15) is 5.57 Å². The fourth-order valence-electron chi connectivity index (χ4n) is 3.24. The van der Waals surface area contributed by atoms with Crippen LogP contribution in [0.25, 0.3) is 0 Å². The molecule has 0 spiro atoms. The van der Waals surface area contributed by atoms with Crippen LogP contribution < -0.4 is 5.32 Å². The number of aliphatic hydroxyl groups is 2. The molecule has 3 rings (SSSR count). The van der Waals surface area contributed by atoms with E-state index in [1.165, 1.54) is 6.07 Å². The molecule has 1 aliphatic heterocycles. The first-order chi connectivity index (χ1) is 10.4. The zero-order chi connectivity index (χ0) is 16.1. The molecule has 1 heterocycles. The smallest absolute Gasteiger partial charge is 0.339 e. The first-order valence-corrected chi connectivity index (χ1v) is 7.19. The van der Waals surface area contributed by atoms with Gasteiger partial charge in [0.25, 0.3) is 0 Å². The standard InChI is InChI=1S/C16H17NO5/c1-3-11-12(14(19)22-4-2)15(20)13(18)9-7-5-6-8-10(9)16(15,21)17-11/h5-8,17,20-21H,3-4H2,1-2H3/t15-,16+/m1/s1. The predicted molar refractivity (Wildman–Crippen MR) is 76.7 cm³/mol. The molecular formula is C16H17NO5. The lowest BCUT2D eigenvalue weighted by atomic mass is 9.85. The van der Waals surface area contributed by atoms with Gasteiger partial charge in [-0.15, -0.1) is 0 Å². The molecule has 0 radical (unpaired) electrons. The van der Waals surface area contributed by atoms with E-state index in [1.54, 1.807) is 32.0 Å². The summed E-state index contributed by atoms with van der Waals surface area (Å²) in [5.74, 6) is -1.50. The molecule has 1 aromatic rings. The van der Waals surface area contributed by atoms with Crippen LogP contribution in [0.15, 0.2) is 35.5 Å². The molecule has 0 bridgehead atoms. The van der Waals surface area contributed by atoms with Crippen LogP contribution in [0.1, 0.15) is 36.2 Å². The zero-order valence-corrected chi connectivity index (χ0v) is 12.3. The van der Waals surface area contributed by atoms with E-state index in [2.05, 4.69) is 5.32 Å². The molecule has 6 nitrogen and oxygen atoms in total. The lowest BCUT2D eigenvalue weighted by Gasteiger charge is -2.31. The molecule has 0 saturated carbocycles. The number of esters is 1. The number of nitrogens with one attached hydrogen (secondary N) is 1. The number of ether oxygens (including phenoxy) is 1.